The summed E-state index contributed by atoms with van der Waals surface area (Å²) in [6, 6.07) is 0. The molecule has 9 nitrogen and oxygen atoms in total. The van der Waals surface area contributed by atoms with Crippen molar-refractivity contribution in [3.8, 4) is 0 Å². The smallest absolute Gasteiger partial charge is 0.343 e. The first-order valence-electron chi connectivity index (χ1n) is 7.24. The molecule has 0 aliphatic heterocycles. The monoisotopic (exact) mass is 357 g/mol. The zero-order chi connectivity index (χ0) is 18.1. The average molecular weight is 357 g/mol. The second-order valence-electron chi connectivity index (χ2n) is 4.17. The van der Waals surface area contributed by atoms with Crippen LogP contribution in [0, 0.1) is 0 Å². The SMILES string of the molecule is CCOC(=O)c1cnc(SC(C(=O)OCC)C(=O)OCC)nc1N. The van der Waals surface area contributed by atoms with Crippen molar-refractivity contribution in [3.05, 3.63) is 11.8 Å². The Morgan fingerprint density at radius 2 is 1.62 bits per heavy atom. The maximum absolute atomic E-state index is 11.9. The Kier molecular flexibility index (Phi) is 7.96. The maximum atomic E-state index is 11.9. The van der Waals surface area contributed by atoms with Gasteiger partial charge in [0, 0.05) is 6.20 Å². The van der Waals surface area contributed by atoms with Gasteiger partial charge in [0.1, 0.15) is 11.4 Å². The van der Waals surface area contributed by atoms with Gasteiger partial charge in [-0.25, -0.2) is 14.8 Å². The molecule has 0 unspecified atom stereocenters. The summed E-state index contributed by atoms with van der Waals surface area (Å²) in [5.41, 5.74) is 5.70. The van der Waals surface area contributed by atoms with Crippen molar-refractivity contribution in [1.29, 1.82) is 0 Å². The molecule has 1 rings (SSSR count). The molecule has 1 heterocycles. The zero-order valence-electron chi connectivity index (χ0n) is 13.6. The third-order valence-electron chi connectivity index (χ3n) is 2.52. The molecule has 0 atom stereocenters. The van der Waals surface area contributed by atoms with Gasteiger partial charge >= 0.3 is 17.9 Å². The summed E-state index contributed by atoms with van der Waals surface area (Å²) in [6.45, 7) is 5.30. The number of carbonyl (C=O) groups is 3. The van der Waals surface area contributed by atoms with Gasteiger partial charge in [-0.3, -0.25) is 9.59 Å². The molecular weight excluding hydrogens is 338 g/mol. The molecule has 0 aromatic carbocycles. The number of aromatic nitrogens is 2. The molecule has 0 bridgehead atoms. The molecule has 1 aromatic rings. The lowest BCUT2D eigenvalue weighted by Crippen LogP contribution is -2.31. The van der Waals surface area contributed by atoms with Crippen LogP contribution in [0.4, 0.5) is 5.82 Å². The number of thioether (sulfide) groups is 1. The molecular formula is C14H19N3O6S. The van der Waals surface area contributed by atoms with Crippen molar-refractivity contribution in [2.45, 2.75) is 31.2 Å². The van der Waals surface area contributed by atoms with Crippen LogP contribution in [0.1, 0.15) is 31.1 Å². The van der Waals surface area contributed by atoms with E-state index in [-0.39, 0.29) is 36.4 Å². The van der Waals surface area contributed by atoms with Crippen LogP contribution >= 0.6 is 11.8 Å². The highest BCUT2D eigenvalue weighted by atomic mass is 32.2. The molecule has 10 heteroatoms. The van der Waals surface area contributed by atoms with Gasteiger partial charge in [-0.2, -0.15) is 0 Å². The van der Waals surface area contributed by atoms with Crippen molar-refractivity contribution in [2.75, 3.05) is 25.6 Å². The fourth-order valence-electron chi connectivity index (χ4n) is 1.53. The number of nitrogens with two attached hydrogens (primary N) is 1. The highest BCUT2D eigenvalue weighted by Gasteiger charge is 2.32. The number of nitrogen functional groups attached to an aromatic ring is 1. The molecule has 1 aromatic heterocycles. The molecule has 2 N–H and O–H groups in total. The quantitative estimate of drug-likeness (QED) is 0.234. The van der Waals surface area contributed by atoms with E-state index in [9.17, 15) is 14.4 Å². The molecule has 0 radical (unpaired) electrons. The average Bonchev–Trinajstić information content (AvgIpc) is 2.53. The summed E-state index contributed by atoms with van der Waals surface area (Å²) in [6.07, 6.45) is 1.18. The van der Waals surface area contributed by atoms with E-state index in [4.69, 9.17) is 19.9 Å². The highest BCUT2D eigenvalue weighted by molar-refractivity contribution is 8.01. The lowest BCUT2D eigenvalue weighted by molar-refractivity contribution is -0.152. The Morgan fingerprint density at radius 1 is 1.08 bits per heavy atom. The van der Waals surface area contributed by atoms with E-state index in [1.165, 1.54) is 6.20 Å². The van der Waals surface area contributed by atoms with Crippen LogP contribution in [0.25, 0.3) is 0 Å². The molecule has 0 saturated carbocycles. The predicted octanol–water partition coefficient (Wildman–Crippen LogP) is 0.822. The van der Waals surface area contributed by atoms with Gasteiger partial charge < -0.3 is 19.9 Å². The van der Waals surface area contributed by atoms with E-state index < -0.39 is 23.2 Å². The minimum absolute atomic E-state index is 0.00465. The van der Waals surface area contributed by atoms with Crippen LogP contribution in [0.3, 0.4) is 0 Å². The first-order chi connectivity index (χ1) is 11.4. The van der Waals surface area contributed by atoms with Crippen LogP contribution in [0.2, 0.25) is 0 Å². The number of carbonyl (C=O) groups excluding carboxylic acids is 3. The summed E-state index contributed by atoms with van der Waals surface area (Å²) < 4.78 is 14.5. The van der Waals surface area contributed by atoms with Crippen LogP contribution in [0.15, 0.2) is 11.4 Å². The standard InChI is InChI=1S/C14H19N3O6S/c1-4-21-11(18)8-7-16-14(17-10(8)15)24-9(12(19)22-5-2)13(20)23-6-3/h7,9H,4-6H2,1-3H3,(H2,15,16,17). The number of hydrogen-bond acceptors (Lipinski definition) is 10. The molecule has 0 fully saturated rings. The van der Waals surface area contributed by atoms with E-state index in [0.29, 0.717) is 0 Å². The minimum Gasteiger partial charge on any atom is -0.465 e. The molecule has 0 aliphatic carbocycles. The van der Waals surface area contributed by atoms with Crippen molar-refractivity contribution in [2.24, 2.45) is 0 Å². The van der Waals surface area contributed by atoms with Gasteiger partial charge in [0.2, 0.25) is 5.25 Å². The Hall–Kier alpha value is -2.36. The van der Waals surface area contributed by atoms with E-state index >= 15 is 0 Å². The molecule has 24 heavy (non-hydrogen) atoms. The number of anilines is 1. The normalized spacial score (nSPS) is 10.3. The number of nitrogens with zero attached hydrogens (tertiary/aromatic N) is 2. The molecule has 0 amide bonds. The lowest BCUT2D eigenvalue weighted by Gasteiger charge is -2.13. The first-order valence-corrected chi connectivity index (χ1v) is 8.12. The third kappa shape index (κ3) is 5.37. The second-order valence-corrected chi connectivity index (χ2v) is 5.25. The van der Waals surface area contributed by atoms with Gasteiger partial charge in [-0.15, -0.1) is 0 Å². The minimum atomic E-state index is -1.28. The molecule has 0 spiro atoms. The van der Waals surface area contributed by atoms with E-state index in [2.05, 4.69) is 9.97 Å². The molecule has 0 aliphatic rings. The third-order valence-corrected chi connectivity index (χ3v) is 3.54. The topological polar surface area (TPSA) is 131 Å². The van der Waals surface area contributed by atoms with E-state index in [0.717, 1.165) is 11.8 Å². The van der Waals surface area contributed by atoms with Crippen molar-refractivity contribution in [1.82, 2.24) is 9.97 Å². The number of ether oxygens (including phenoxy) is 3. The van der Waals surface area contributed by atoms with Crippen molar-refractivity contribution >= 4 is 35.5 Å². The van der Waals surface area contributed by atoms with Gasteiger partial charge in [0.05, 0.1) is 19.8 Å². The number of rotatable bonds is 8. The lowest BCUT2D eigenvalue weighted by atomic mass is 10.3. The second kappa shape index (κ2) is 9.71. The predicted molar refractivity (Wildman–Crippen MR) is 85.3 cm³/mol. The highest BCUT2D eigenvalue weighted by Crippen LogP contribution is 2.24. The van der Waals surface area contributed by atoms with Crippen LogP contribution < -0.4 is 5.73 Å². The zero-order valence-corrected chi connectivity index (χ0v) is 14.4. The van der Waals surface area contributed by atoms with Crippen LogP contribution in [0.5, 0.6) is 0 Å². The van der Waals surface area contributed by atoms with Crippen LogP contribution in [-0.2, 0) is 23.8 Å². The summed E-state index contributed by atoms with van der Waals surface area (Å²) in [5, 5.41) is -1.25. The fraction of sp³-hybridized carbons (Fsp3) is 0.500. The van der Waals surface area contributed by atoms with Crippen molar-refractivity contribution in [3.63, 3.8) is 0 Å². The summed E-state index contributed by atoms with van der Waals surface area (Å²) >= 11 is 0.729. The van der Waals surface area contributed by atoms with Gasteiger partial charge in [0.15, 0.2) is 5.16 Å². The van der Waals surface area contributed by atoms with Gasteiger partial charge in [-0.1, -0.05) is 11.8 Å². The number of esters is 3. The van der Waals surface area contributed by atoms with Gasteiger partial charge in [0.25, 0.3) is 0 Å². The Morgan fingerprint density at radius 3 is 2.08 bits per heavy atom. The number of hydrogen-bond donors (Lipinski definition) is 1. The molecule has 0 saturated heterocycles. The fourth-order valence-corrected chi connectivity index (χ4v) is 2.34. The van der Waals surface area contributed by atoms with E-state index in [1.54, 1.807) is 20.8 Å². The van der Waals surface area contributed by atoms with Crippen molar-refractivity contribution < 1.29 is 28.6 Å². The summed E-state index contributed by atoms with van der Waals surface area (Å²) in [7, 11) is 0. The van der Waals surface area contributed by atoms with E-state index in [1.807, 2.05) is 0 Å². The Bertz CT molecular complexity index is 592. The summed E-state index contributed by atoms with van der Waals surface area (Å²) in [4.78, 5) is 43.3. The summed E-state index contributed by atoms with van der Waals surface area (Å²) in [5.74, 6) is -2.30. The molecule has 132 valence electrons. The van der Waals surface area contributed by atoms with Gasteiger partial charge in [-0.05, 0) is 20.8 Å². The largest absolute Gasteiger partial charge is 0.465 e. The first kappa shape index (κ1) is 19.7. The van der Waals surface area contributed by atoms with Crippen LogP contribution in [-0.4, -0.2) is 52.9 Å². The Labute approximate surface area is 143 Å². The maximum Gasteiger partial charge on any atom is 0.343 e. The Balaban J connectivity index is 2.97.